The molecule has 0 radical (unpaired) electrons. The fourth-order valence-corrected chi connectivity index (χ4v) is 2.16. The lowest BCUT2D eigenvalue weighted by atomic mass is 10.0. The van der Waals surface area contributed by atoms with Crippen LogP contribution in [0.1, 0.15) is 25.8 Å². The van der Waals surface area contributed by atoms with Gasteiger partial charge in [0.05, 0.1) is 10.9 Å². The Balaban J connectivity index is 2.55. The third kappa shape index (κ3) is 4.95. The highest BCUT2D eigenvalue weighted by Crippen LogP contribution is 2.08. The summed E-state index contributed by atoms with van der Waals surface area (Å²) in [5, 5.41) is 2.88. The largest absolute Gasteiger partial charge is 0.393 e. The molecule has 19 heavy (non-hydrogen) atoms. The van der Waals surface area contributed by atoms with Gasteiger partial charge >= 0.3 is 0 Å². The zero-order chi connectivity index (χ0) is 14.4. The zero-order valence-corrected chi connectivity index (χ0v) is 12.0. The van der Waals surface area contributed by atoms with E-state index in [-0.39, 0.29) is 22.8 Å². The highest BCUT2D eigenvalue weighted by molar-refractivity contribution is 7.80. The molecule has 0 aromatic heterocycles. The minimum atomic E-state index is -0.425. The van der Waals surface area contributed by atoms with E-state index in [1.807, 2.05) is 13.8 Å². The number of benzene rings is 1. The number of hydrogen-bond donors (Lipinski definition) is 2. The van der Waals surface area contributed by atoms with Gasteiger partial charge in [-0.3, -0.25) is 4.79 Å². The van der Waals surface area contributed by atoms with Crippen molar-refractivity contribution >= 4 is 23.1 Å². The highest BCUT2D eigenvalue weighted by Gasteiger charge is 2.20. The number of hydrogen-bond acceptors (Lipinski definition) is 2. The molecule has 2 unspecified atom stereocenters. The van der Waals surface area contributed by atoms with E-state index in [2.05, 4.69) is 5.32 Å². The van der Waals surface area contributed by atoms with Crippen LogP contribution in [-0.4, -0.2) is 16.9 Å². The molecule has 2 atom stereocenters. The Hall–Kier alpha value is -1.49. The summed E-state index contributed by atoms with van der Waals surface area (Å²) in [6, 6.07) is 6.19. The van der Waals surface area contributed by atoms with Gasteiger partial charge in [0.25, 0.3) is 0 Å². The second-order valence-electron chi connectivity index (χ2n) is 4.60. The first-order valence-corrected chi connectivity index (χ1v) is 6.69. The average molecular weight is 282 g/mol. The number of thiocarbonyl (C=S) groups is 1. The Morgan fingerprint density at radius 2 is 2.00 bits per heavy atom. The summed E-state index contributed by atoms with van der Waals surface area (Å²) < 4.78 is 12.8. The number of nitrogens with two attached hydrogens (primary N) is 1. The number of carbonyl (C=O) groups excluding carboxylic acids is 1. The standard InChI is InChI=1S/C14H19FN2OS/c1-3-12(13(16)19)14(18)17-9(2)8-10-4-6-11(15)7-5-10/h4-7,9,12H,3,8H2,1-2H3,(H2,16,19)(H,17,18). The van der Waals surface area contributed by atoms with E-state index in [9.17, 15) is 9.18 Å². The molecule has 0 aliphatic rings. The predicted octanol–water partition coefficient (Wildman–Crippen LogP) is 2.19. The zero-order valence-electron chi connectivity index (χ0n) is 11.2. The molecule has 0 heterocycles. The molecule has 3 nitrogen and oxygen atoms in total. The van der Waals surface area contributed by atoms with Crippen molar-refractivity contribution in [2.45, 2.75) is 32.7 Å². The van der Waals surface area contributed by atoms with Crippen LogP contribution in [0.25, 0.3) is 0 Å². The van der Waals surface area contributed by atoms with Gasteiger partial charge in [-0.15, -0.1) is 0 Å². The fraction of sp³-hybridized carbons (Fsp3) is 0.429. The topological polar surface area (TPSA) is 55.1 Å². The first-order chi connectivity index (χ1) is 8.93. The molecular formula is C14H19FN2OS. The van der Waals surface area contributed by atoms with Gasteiger partial charge in [0, 0.05) is 6.04 Å². The quantitative estimate of drug-likeness (QED) is 0.786. The molecule has 0 fully saturated rings. The Morgan fingerprint density at radius 1 is 1.42 bits per heavy atom. The molecule has 5 heteroatoms. The Labute approximate surface area is 118 Å². The molecule has 1 amide bonds. The highest BCUT2D eigenvalue weighted by atomic mass is 32.1. The summed E-state index contributed by atoms with van der Waals surface area (Å²) in [5.41, 5.74) is 6.49. The maximum Gasteiger partial charge on any atom is 0.230 e. The Bertz CT molecular complexity index is 447. The average Bonchev–Trinajstić information content (AvgIpc) is 2.32. The van der Waals surface area contributed by atoms with Crippen LogP contribution in [0, 0.1) is 11.7 Å². The van der Waals surface area contributed by atoms with Crippen molar-refractivity contribution in [1.29, 1.82) is 0 Å². The lowest BCUT2D eigenvalue weighted by molar-refractivity contribution is -0.123. The third-order valence-electron chi connectivity index (χ3n) is 2.91. The first kappa shape index (κ1) is 15.6. The maximum absolute atomic E-state index is 12.8. The Morgan fingerprint density at radius 3 is 2.47 bits per heavy atom. The van der Waals surface area contributed by atoms with Crippen molar-refractivity contribution in [3.63, 3.8) is 0 Å². The number of nitrogens with one attached hydrogen (secondary N) is 1. The smallest absolute Gasteiger partial charge is 0.230 e. The van der Waals surface area contributed by atoms with E-state index in [0.29, 0.717) is 12.8 Å². The van der Waals surface area contributed by atoms with E-state index < -0.39 is 5.92 Å². The summed E-state index contributed by atoms with van der Waals surface area (Å²) in [6.45, 7) is 3.77. The minimum absolute atomic E-state index is 0.0543. The first-order valence-electron chi connectivity index (χ1n) is 6.28. The molecule has 0 saturated carbocycles. The van der Waals surface area contributed by atoms with Crippen LogP contribution >= 0.6 is 12.2 Å². The molecule has 1 rings (SSSR count). The van der Waals surface area contributed by atoms with Gasteiger partial charge in [-0.05, 0) is 37.5 Å². The molecule has 0 aliphatic carbocycles. The van der Waals surface area contributed by atoms with Crippen molar-refractivity contribution in [1.82, 2.24) is 5.32 Å². The predicted molar refractivity (Wildman–Crippen MR) is 78.3 cm³/mol. The van der Waals surface area contributed by atoms with Crippen molar-refractivity contribution in [3.05, 3.63) is 35.6 Å². The molecule has 0 aliphatic heterocycles. The second kappa shape index (κ2) is 7.19. The van der Waals surface area contributed by atoms with Gasteiger partial charge in [0.1, 0.15) is 5.82 Å². The van der Waals surface area contributed by atoms with Gasteiger partial charge in [-0.25, -0.2) is 4.39 Å². The van der Waals surface area contributed by atoms with Crippen LogP contribution in [0.15, 0.2) is 24.3 Å². The van der Waals surface area contributed by atoms with Crippen LogP contribution in [-0.2, 0) is 11.2 Å². The monoisotopic (exact) mass is 282 g/mol. The molecule has 3 N–H and O–H groups in total. The molecular weight excluding hydrogens is 263 g/mol. The van der Waals surface area contributed by atoms with E-state index in [4.69, 9.17) is 18.0 Å². The lowest BCUT2D eigenvalue weighted by Gasteiger charge is -2.18. The summed E-state index contributed by atoms with van der Waals surface area (Å²) in [7, 11) is 0. The molecule has 1 aromatic carbocycles. The summed E-state index contributed by atoms with van der Waals surface area (Å²) in [5.74, 6) is -0.838. The molecule has 0 saturated heterocycles. The van der Waals surface area contributed by atoms with Gasteiger partial charge in [0.2, 0.25) is 5.91 Å². The maximum atomic E-state index is 12.8. The molecule has 1 aromatic rings. The number of rotatable bonds is 6. The normalized spacial score (nSPS) is 13.6. The molecule has 0 spiro atoms. The van der Waals surface area contributed by atoms with Gasteiger partial charge in [0.15, 0.2) is 0 Å². The van der Waals surface area contributed by atoms with Crippen LogP contribution < -0.4 is 11.1 Å². The number of carbonyl (C=O) groups is 1. The second-order valence-corrected chi connectivity index (χ2v) is 5.07. The van der Waals surface area contributed by atoms with E-state index >= 15 is 0 Å². The minimum Gasteiger partial charge on any atom is -0.393 e. The van der Waals surface area contributed by atoms with Gasteiger partial charge < -0.3 is 11.1 Å². The van der Waals surface area contributed by atoms with Crippen molar-refractivity contribution in [3.8, 4) is 0 Å². The van der Waals surface area contributed by atoms with Gasteiger partial charge in [-0.1, -0.05) is 31.3 Å². The number of amides is 1. The van der Waals surface area contributed by atoms with Crippen molar-refractivity contribution in [2.75, 3.05) is 0 Å². The van der Waals surface area contributed by atoms with E-state index in [0.717, 1.165) is 5.56 Å². The fourth-order valence-electron chi connectivity index (χ4n) is 1.88. The van der Waals surface area contributed by atoms with Crippen molar-refractivity contribution < 1.29 is 9.18 Å². The summed E-state index contributed by atoms with van der Waals surface area (Å²) in [4.78, 5) is 12.1. The van der Waals surface area contributed by atoms with Crippen LogP contribution in [0.2, 0.25) is 0 Å². The Kier molecular flexibility index (Phi) is 5.89. The van der Waals surface area contributed by atoms with E-state index in [1.165, 1.54) is 12.1 Å². The number of halogens is 1. The van der Waals surface area contributed by atoms with Crippen LogP contribution in [0.4, 0.5) is 4.39 Å². The SMILES string of the molecule is CCC(C(=O)NC(C)Cc1ccc(F)cc1)C(N)=S. The van der Waals surface area contributed by atoms with Gasteiger partial charge in [-0.2, -0.15) is 0 Å². The summed E-state index contributed by atoms with van der Waals surface area (Å²) >= 11 is 4.86. The van der Waals surface area contributed by atoms with Crippen LogP contribution in [0.5, 0.6) is 0 Å². The lowest BCUT2D eigenvalue weighted by Crippen LogP contribution is -2.42. The van der Waals surface area contributed by atoms with Crippen LogP contribution in [0.3, 0.4) is 0 Å². The van der Waals surface area contributed by atoms with E-state index in [1.54, 1.807) is 12.1 Å². The van der Waals surface area contributed by atoms with Crippen molar-refractivity contribution in [2.24, 2.45) is 11.7 Å². The summed E-state index contributed by atoms with van der Waals surface area (Å²) in [6.07, 6.45) is 1.23. The molecule has 104 valence electrons. The third-order valence-corrected chi connectivity index (χ3v) is 3.20. The molecule has 0 bridgehead atoms.